The number of nitrogens with two attached hydrogens (primary N) is 1. The Hall–Kier alpha value is -4.06. The average Bonchev–Trinajstić information content (AvgIpc) is 3.57. The molecule has 7 atom stereocenters. The SMILES string of the molecule is CCC[C@H](CO)[C@@H]1C[C@@H](C2(C3=CCNC(N)=C3)CCCC2)C[C@H]2C#C[C@H](c3ccccc3)c3cc(O)c(OC)cc3CCC(=O)[C@H](O)C(=O)[C@H]2C1. The van der Waals surface area contributed by atoms with Gasteiger partial charge in [0.2, 0.25) is 0 Å². The van der Waals surface area contributed by atoms with Gasteiger partial charge < -0.3 is 31.1 Å². The number of benzene rings is 2. The van der Waals surface area contributed by atoms with Crippen molar-refractivity contribution in [3.05, 3.63) is 82.7 Å². The average molecular weight is 695 g/mol. The van der Waals surface area contributed by atoms with Gasteiger partial charge in [0.15, 0.2) is 29.2 Å². The lowest BCUT2D eigenvalue weighted by atomic mass is 9.62. The van der Waals surface area contributed by atoms with Gasteiger partial charge in [0.25, 0.3) is 0 Å². The Morgan fingerprint density at radius 3 is 2.51 bits per heavy atom. The Balaban J connectivity index is 1.54. The molecule has 2 saturated carbocycles. The predicted molar refractivity (Wildman–Crippen MR) is 198 cm³/mol. The molecule has 4 aliphatic rings. The highest BCUT2D eigenvalue weighted by Crippen LogP contribution is 2.57. The number of nitrogens with one attached hydrogen (secondary N) is 1. The molecule has 8 nitrogen and oxygen atoms in total. The number of carbonyl (C=O) groups excluding carboxylic acids is 2. The molecule has 51 heavy (non-hydrogen) atoms. The van der Waals surface area contributed by atoms with Gasteiger partial charge in [-0.1, -0.05) is 74.4 Å². The van der Waals surface area contributed by atoms with Gasteiger partial charge in [-0.2, -0.15) is 0 Å². The molecule has 3 aliphatic carbocycles. The third kappa shape index (κ3) is 7.61. The number of allylic oxidation sites excluding steroid dienone is 2. The summed E-state index contributed by atoms with van der Waals surface area (Å²) in [6.45, 7) is 2.81. The first kappa shape index (κ1) is 36.7. The minimum Gasteiger partial charge on any atom is -0.504 e. The molecule has 0 unspecified atom stereocenters. The minimum atomic E-state index is -1.75. The molecule has 0 spiro atoms. The normalized spacial score (nSPS) is 28.5. The van der Waals surface area contributed by atoms with Crippen molar-refractivity contribution < 1.29 is 29.6 Å². The lowest BCUT2D eigenvalue weighted by Crippen LogP contribution is -2.39. The highest BCUT2D eigenvalue weighted by Gasteiger charge is 2.50. The van der Waals surface area contributed by atoms with Crippen LogP contribution >= 0.6 is 0 Å². The zero-order valence-electron chi connectivity index (χ0n) is 30.1. The first-order valence-electron chi connectivity index (χ1n) is 18.9. The fourth-order valence-electron chi connectivity index (χ4n) is 9.73. The van der Waals surface area contributed by atoms with Gasteiger partial charge in [-0.3, -0.25) is 9.59 Å². The van der Waals surface area contributed by atoms with Gasteiger partial charge >= 0.3 is 0 Å². The number of fused-ring (bicyclic) bond motifs is 2. The van der Waals surface area contributed by atoms with Crippen LogP contribution in [0.1, 0.15) is 93.7 Å². The van der Waals surface area contributed by atoms with E-state index in [0.717, 1.165) is 61.6 Å². The number of aliphatic hydroxyl groups is 2. The molecular formula is C43H54N2O6. The molecule has 0 bridgehead atoms. The van der Waals surface area contributed by atoms with Crippen LogP contribution in [0.3, 0.4) is 0 Å². The first-order valence-corrected chi connectivity index (χ1v) is 18.9. The number of methoxy groups -OCH3 is 1. The second kappa shape index (κ2) is 16.1. The standard InChI is InChI=1S/C43H54N2O6/c1-3-9-30(26-46)31-21-33(43(17-7-8-18-43)32-16-19-45-40(44)24-32)20-28-12-14-34(27-10-5-4-6-11-27)35-25-38(48)39(51-2)23-29(35)13-15-37(47)42(50)41(49)36(28)22-31/h4-6,10-11,16,23-25,28,30-31,33-34,36,42,45-46,48,50H,3,7-9,13,15,17-22,26,44H2,1-2H3/t28-,30-,31-,33+,34-,36+,42+/m1/s1. The van der Waals surface area contributed by atoms with Crippen LogP contribution in [-0.4, -0.2) is 53.3 Å². The molecule has 8 heteroatoms. The molecule has 1 heterocycles. The van der Waals surface area contributed by atoms with Crippen LogP contribution in [0.4, 0.5) is 0 Å². The Morgan fingerprint density at radius 2 is 1.82 bits per heavy atom. The minimum absolute atomic E-state index is 0.00537. The fraction of sp³-hybridized carbons (Fsp3) is 0.535. The summed E-state index contributed by atoms with van der Waals surface area (Å²) in [5.74, 6) is 5.84. The summed E-state index contributed by atoms with van der Waals surface area (Å²) in [6, 6.07) is 13.3. The zero-order valence-corrected chi connectivity index (χ0v) is 30.1. The Morgan fingerprint density at radius 1 is 1.06 bits per heavy atom. The van der Waals surface area contributed by atoms with Crippen molar-refractivity contribution in [2.24, 2.45) is 40.7 Å². The van der Waals surface area contributed by atoms with Crippen molar-refractivity contribution >= 4 is 11.6 Å². The molecule has 6 N–H and O–H groups in total. The van der Waals surface area contributed by atoms with Gasteiger partial charge in [-0.25, -0.2) is 0 Å². The van der Waals surface area contributed by atoms with Crippen LogP contribution in [0.5, 0.6) is 11.5 Å². The van der Waals surface area contributed by atoms with Crippen LogP contribution in [0, 0.1) is 46.8 Å². The molecule has 272 valence electrons. The quantitative estimate of drug-likeness (QED) is 0.169. The van der Waals surface area contributed by atoms with Crippen molar-refractivity contribution in [1.29, 1.82) is 0 Å². The number of aromatic hydroxyl groups is 1. The molecule has 0 amide bonds. The summed E-state index contributed by atoms with van der Waals surface area (Å²) in [4.78, 5) is 28.1. The lowest BCUT2D eigenvalue weighted by Gasteiger charge is -2.42. The zero-order chi connectivity index (χ0) is 36.1. The number of phenols is 1. The maximum absolute atomic E-state index is 14.5. The maximum Gasteiger partial charge on any atom is 0.173 e. The van der Waals surface area contributed by atoms with E-state index in [1.165, 1.54) is 12.7 Å². The number of hydrogen-bond donors (Lipinski definition) is 5. The van der Waals surface area contributed by atoms with E-state index in [9.17, 15) is 24.9 Å². The van der Waals surface area contributed by atoms with Crippen LogP contribution in [0.2, 0.25) is 0 Å². The summed E-state index contributed by atoms with van der Waals surface area (Å²) in [6.07, 6.45) is 10.7. The fourth-order valence-corrected chi connectivity index (χ4v) is 9.73. The number of dihydropyridines is 1. The largest absolute Gasteiger partial charge is 0.504 e. The van der Waals surface area contributed by atoms with E-state index in [2.05, 4.69) is 36.2 Å². The third-order valence-corrected chi connectivity index (χ3v) is 12.4. The van der Waals surface area contributed by atoms with Crippen molar-refractivity contribution in [2.45, 2.75) is 89.6 Å². The second-order valence-electron chi connectivity index (χ2n) is 15.2. The Kier molecular flexibility index (Phi) is 11.6. The number of carbonyl (C=O) groups is 2. The van der Waals surface area contributed by atoms with Gasteiger partial charge in [0.05, 0.1) is 18.8 Å². The number of hydrogen-bond acceptors (Lipinski definition) is 8. The van der Waals surface area contributed by atoms with E-state index < -0.39 is 35.4 Å². The summed E-state index contributed by atoms with van der Waals surface area (Å²) < 4.78 is 5.44. The van der Waals surface area contributed by atoms with E-state index in [-0.39, 0.29) is 54.1 Å². The number of ketones is 2. The number of Topliss-reactive ketones (excluding diaryl/α,β-unsaturated/α-hetero) is 2. The van der Waals surface area contributed by atoms with Crippen molar-refractivity contribution in [2.75, 3.05) is 20.3 Å². The van der Waals surface area contributed by atoms with Crippen LogP contribution in [-0.2, 0) is 16.0 Å². The molecule has 1 aliphatic heterocycles. The van der Waals surface area contributed by atoms with Gasteiger partial charge in [-0.15, -0.1) is 0 Å². The van der Waals surface area contributed by atoms with Crippen LogP contribution < -0.4 is 15.8 Å². The maximum atomic E-state index is 14.5. The highest BCUT2D eigenvalue weighted by atomic mass is 16.5. The van der Waals surface area contributed by atoms with E-state index in [0.29, 0.717) is 25.2 Å². The predicted octanol–water partition coefficient (Wildman–Crippen LogP) is 5.93. The number of phenolic OH excluding ortho intramolecular Hbond substituents is 1. The van der Waals surface area contributed by atoms with Crippen molar-refractivity contribution in [1.82, 2.24) is 5.32 Å². The molecule has 0 saturated heterocycles. The molecule has 0 aromatic heterocycles. The third-order valence-electron chi connectivity index (χ3n) is 12.4. The monoisotopic (exact) mass is 694 g/mol. The van der Waals surface area contributed by atoms with Gasteiger partial charge in [0, 0.05) is 31.4 Å². The molecule has 6 rings (SSSR count). The second-order valence-corrected chi connectivity index (χ2v) is 15.2. The Bertz CT molecular complexity index is 1700. The van der Waals surface area contributed by atoms with Crippen molar-refractivity contribution in [3.8, 4) is 23.3 Å². The summed E-state index contributed by atoms with van der Waals surface area (Å²) in [5.41, 5.74) is 9.95. The molecule has 2 aromatic rings. The van der Waals surface area contributed by atoms with Crippen molar-refractivity contribution in [3.63, 3.8) is 0 Å². The number of rotatable bonds is 8. The van der Waals surface area contributed by atoms with E-state index in [1.54, 1.807) is 12.1 Å². The summed E-state index contributed by atoms with van der Waals surface area (Å²) in [5, 5.41) is 36.4. The molecular weight excluding hydrogens is 640 g/mol. The van der Waals surface area contributed by atoms with Crippen LogP contribution in [0.25, 0.3) is 0 Å². The summed E-state index contributed by atoms with van der Waals surface area (Å²) >= 11 is 0. The highest BCUT2D eigenvalue weighted by molar-refractivity contribution is 6.06. The van der Waals surface area contributed by atoms with E-state index in [1.807, 2.05) is 30.3 Å². The number of aryl methyl sites for hydroxylation is 1. The molecule has 0 radical (unpaired) electrons. The summed E-state index contributed by atoms with van der Waals surface area (Å²) in [7, 11) is 1.48. The van der Waals surface area contributed by atoms with E-state index >= 15 is 0 Å². The number of aliphatic hydroxyl groups excluding tert-OH is 2. The topological polar surface area (TPSA) is 142 Å². The van der Waals surface area contributed by atoms with Crippen LogP contribution in [0.15, 0.2) is 66.0 Å². The smallest absolute Gasteiger partial charge is 0.173 e. The Labute approximate surface area is 302 Å². The van der Waals surface area contributed by atoms with Gasteiger partial charge in [0.1, 0.15) is 0 Å². The van der Waals surface area contributed by atoms with E-state index in [4.69, 9.17) is 10.5 Å². The molecule has 2 fully saturated rings. The lowest BCUT2D eigenvalue weighted by molar-refractivity contribution is -0.142. The first-order chi connectivity index (χ1) is 24.7. The molecule has 2 aromatic carbocycles. The van der Waals surface area contributed by atoms with Gasteiger partial charge in [-0.05, 0) is 109 Å². The number of ether oxygens (including phenoxy) is 1.